The van der Waals surface area contributed by atoms with E-state index in [0.29, 0.717) is 44.5 Å². The Morgan fingerprint density at radius 1 is 1.20 bits per heavy atom. The summed E-state index contributed by atoms with van der Waals surface area (Å²) in [4.78, 5) is 25.9. The van der Waals surface area contributed by atoms with Crippen LogP contribution in [0.25, 0.3) is 0 Å². The number of hydrogen-bond acceptors (Lipinski definition) is 5. The van der Waals surface area contributed by atoms with E-state index in [9.17, 15) is 18.0 Å². The Bertz CT molecular complexity index is 647. The Kier molecular flexibility index (Phi) is 4.30. The van der Waals surface area contributed by atoms with Gasteiger partial charge in [-0.1, -0.05) is 0 Å². The van der Waals surface area contributed by atoms with Gasteiger partial charge in [-0.2, -0.15) is 0 Å². The van der Waals surface area contributed by atoms with Crippen molar-refractivity contribution in [3.05, 3.63) is 0 Å². The largest absolute Gasteiger partial charge is 0.381 e. The van der Waals surface area contributed by atoms with Crippen molar-refractivity contribution in [2.45, 2.75) is 25.7 Å². The molecule has 1 N–H and O–H groups in total. The molecule has 0 aromatic rings. The zero-order valence-electron chi connectivity index (χ0n) is 14.4. The van der Waals surface area contributed by atoms with E-state index in [2.05, 4.69) is 5.32 Å². The second-order valence-electron chi connectivity index (χ2n) is 8.49. The van der Waals surface area contributed by atoms with Gasteiger partial charge in [-0.15, -0.1) is 0 Å². The third kappa shape index (κ3) is 3.56. The lowest BCUT2D eigenvalue weighted by Gasteiger charge is -2.51. The molecular formula is C17H26N2O5S. The normalized spacial score (nSPS) is 33.8. The van der Waals surface area contributed by atoms with Crippen LogP contribution >= 0.6 is 0 Å². The van der Waals surface area contributed by atoms with E-state index in [1.807, 2.05) is 0 Å². The van der Waals surface area contributed by atoms with Crippen molar-refractivity contribution >= 4 is 21.7 Å². The first-order valence-corrected chi connectivity index (χ1v) is 11.0. The number of hydrogen-bond donors (Lipinski definition) is 1. The van der Waals surface area contributed by atoms with Gasteiger partial charge in [0.1, 0.15) is 0 Å². The lowest BCUT2D eigenvalue weighted by Crippen LogP contribution is -2.57. The Morgan fingerprint density at radius 2 is 1.92 bits per heavy atom. The van der Waals surface area contributed by atoms with Crippen LogP contribution in [0.5, 0.6) is 0 Å². The number of ether oxygens (including phenoxy) is 1. The first kappa shape index (κ1) is 17.3. The maximum absolute atomic E-state index is 12.1. The van der Waals surface area contributed by atoms with Gasteiger partial charge in [0.25, 0.3) is 0 Å². The van der Waals surface area contributed by atoms with E-state index in [0.717, 1.165) is 25.9 Å². The number of likely N-dealkylation sites (tertiary alicyclic amines) is 1. The number of rotatable bonds is 6. The van der Waals surface area contributed by atoms with Gasteiger partial charge in [-0.25, -0.2) is 8.42 Å². The molecule has 25 heavy (non-hydrogen) atoms. The minimum absolute atomic E-state index is 0.00930. The molecule has 4 aliphatic heterocycles. The van der Waals surface area contributed by atoms with Gasteiger partial charge < -0.3 is 15.0 Å². The van der Waals surface area contributed by atoms with Crippen LogP contribution < -0.4 is 5.32 Å². The fourth-order valence-electron chi connectivity index (χ4n) is 4.75. The standard InChI is InChI=1S/C17H26N2O5S/c20-15(5-17-3-13(4-17)8-24-11-17)18-2-1-12-6-19(7-12)16(21)14-9-25(22,23)10-14/h12-14H,1-11H2,(H,18,20). The highest BCUT2D eigenvalue weighted by Crippen LogP contribution is 2.51. The first-order valence-electron chi connectivity index (χ1n) is 9.18. The fraction of sp³-hybridized carbons (Fsp3) is 0.882. The Labute approximate surface area is 148 Å². The molecule has 5 aliphatic rings. The van der Waals surface area contributed by atoms with Gasteiger partial charge in [-0.3, -0.25) is 9.59 Å². The smallest absolute Gasteiger partial charge is 0.227 e. The summed E-state index contributed by atoms with van der Waals surface area (Å²) in [7, 11) is -2.95. The predicted molar refractivity (Wildman–Crippen MR) is 90.4 cm³/mol. The van der Waals surface area contributed by atoms with E-state index in [1.165, 1.54) is 0 Å². The lowest BCUT2D eigenvalue weighted by molar-refractivity contribution is -0.150. The summed E-state index contributed by atoms with van der Waals surface area (Å²) < 4.78 is 27.8. The average molecular weight is 370 g/mol. The molecule has 4 saturated heterocycles. The molecule has 0 atom stereocenters. The molecule has 0 spiro atoms. The van der Waals surface area contributed by atoms with Crippen LogP contribution in [0.3, 0.4) is 0 Å². The summed E-state index contributed by atoms with van der Waals surface area (Å²) in [6, 6.07) is 0. The van der Waals surface area contributed by atoms with Crippen molar-refractivity contribution in [2.24, 2.45) is 23.2 Å². The molecule has 1 saturated carbocycles. The molecule has 140 valence electrons. The van der Waals surface area contributed by atoms with Crippen molar-refractivity contribution in [3.63, 3.8) is 0 Å². The monoisotopic (exact) mass is 370 g/mol. The van der Waals surface area contributed by atoms with E-state index in [-0.39, 0.29) is 34.7 Å². The van der Waals surface area contributed by atoms with Crippen LogP contribution in [0.2, 0.25) is 0 Å². The molecule has 2 amide bonds. The highest BCUT2D eigenvalue weighted by Gasteiger charge is 2.49. The Balaban J connectivity index is 1.10. The highest BCUT2D eigenvalue weighted by molar-refractivity contribution is 7.92. The molecule has 0 radical (unpaired) electrons. The summed E-state index contributed by atoms with van der Waals surface area (Å²) >= 11 is 0. The van der Waals surface area contributed by atoms with E-state index >= 15 is 0 Å². The Morgan fingerprint density at radius 3 is 2.52 bits per heavy atom. The van der Waals surface area contributed by atoms with Gasteiger partial charge in [-0.05, 0) is 31.1 Å². The number of carbonyl (C=O) groups excluding carboxylic acids is 2. The number of sulfone groups is 1. The van der Waals surface area contributed by atoms with Crippen LogP contribution in [0.1, 0.15) is 25.7 Å². The molecule has 5 rings (SSSR count). The second-order valence-corrected chi connectivity index (χ2v) is 10.6. The van der Waals surface area contributed by atoms with Crippen molar-refractivity contribution in [1.82, 2.24) is 10.2 Å². The fourth-order valence-corrected chi connectivity index (χ4v) is 6.17. The molecule has 5 fully saturated rings. The van der Waals surface area contributed by atoms with Crippen LogP contribution in [0.4, 0.5) is 0 Å². The molecule has 0 aromatic carbocycles. The van der Waals surface area contributed by atoms with E-state index < -0.39 is 9.84 Å². The predicted octanol–water partition coefficient (Wildman–Crippen LogP) is -0.188. The van der Waals surface area contributed by atoms with E-state index in [4.69, 9.17) is 4.74 Å². The number of fused-ring (bicyclic) bond motifs is 2. The quantitative estimate of drug-likeness (QED) is 0.700. The van der Waals surface area contributed by atoms with Crippen LogP contribution in [-0.2, 0) is 24.2 Å². The van der Waals surface area contributed by atoms with Crippen LogP contribution in [0.15, 0.2) is 0 Å². The summed E-state index contributed by atoms with van der Waals surface area (Å²) in [5, 5.41) is 3.00. The summed E-state index contributed by atoms with van der Waals surface area (Å²) in [5.41, 5.74) is 0.0931. The maximum atomic E-state index is 12.1. The minimum atomic E-state index is -2.95. The average Bonchev–Trinajstić information content (AvgIpc) is 2.46. The maximum Gasteiger partial charge on any atom is 0.227 e. The van der Waals surface area contributed by atoms with Gasteiger partial charge in [0.15, 0.2) is 9.84 Å². The molecule has 0 unspecified atom stereocenters. The topological polar surface area (TPSA) is 92.8 Å². The van der Waals surface area contributed by atoms with Crippen molar-refractivity contribution in [2.75, 3.05) is 44.4 Å². The Hall–Kier alpha value is -1.15. The molecule has 7 nitrogen and oxygen atoms in total. The van der Waals surface area contributed by atoms with Gasteiger partial charge in [0.2, 0.25) is 11.8 Å². The first-order chi connectivity index (χ1) is 11.8. The van der Waals surface area contributed by atoms with Crippen molar-refractivity contribution in [3.8, 4) is 0 Å². The number of nitrogens with zero attached hydrogens (tertiary/aromatic N) is 1. The van der Waals surface area contributed by atoms with Crippen molar-refractivity contribution in [1.29, 1.82) is 0 Å². The third-order valence-electron chi connectivity index (χ3n) is 6.14. The summed E-state index contributed by atoms with van der Waals surface area (Å²) in [5.74, 6) is 0.844. The summed E-state index contributed by atoms with van der Waals surface area (Å²) in [6.07, 6.45) is 3.67. The molecular weight excluding hydrogens is 344 g/mol. The molecule has 0 aromatic heterocycles. The number of amides is 2. The summed E-state index contributed by atoms with van der Waals surface area (Å²) in [6.45, 7) is 3.58. The third-order valence-corrected chi connectivity index (χ3v) is 7.96. The van der Waals surface area contributed by atoms with Crippen LogP contribution in [-0.4, -0.2) is 69.5 Å². The van der Waals surface area contributed by atoms with Gasteiger partial charge in [0, 0.05) is 38.1 Å². The molecule has 1 aliphatic carbocycles. The molecule has 4 heterocycles. The zero-order chi connectivity index (χ0) is 17.7. The van der Waals surface area contributed by atoms with Crippen LogP contribution in [0, 0.1) is 23.2 Å². The lowest BCUT2D eigenvalue weighted by atomic mass is 9.59. The molecule has 2 bridgehead atoms. The zero-order valence-corrected chi connectivity index (χ0v) is 15.2. The van der Waals surface area contributed by atoms with E-state index in [1.54, 1.807) is 4.90 Å². The number of nitrogens with one attached hydrogen (secondary N) is 1. The van der Waals surface area contributed by atoms with Gasteiger partial charge >= 0.3 is 0 Å². The minimum Gasteiger partial charge on any atom is -0.381 e. The van der Waals surface area contributed by atoms with Gasteiger partial charge in [0.05, 0.1) is 24.0 Å². The second kappa shape index (κ2) is 6.23. The molecule has 8 heteroatoms. The SMILES string of the molecule is O=C(CC12COCC(C1)C2)NCCC1CN(C(=O)C2CS(=O)(=O)C2)C1. The number of carbonyl (C=O) groups is 2. The van der Waals surface area contributed by atoms with Crippen molar-refractivity contribution < 1.29 is 22.7 Å². The highest BCUT2D eigenvalue weighted by atomic mass is 32.2.